The van der Waals surface area contributed by atoms with Crippen LogP contribution in [0.15, 0.2) is 91.0 Å². The van der Waals surface area contributed by atoms with Crippen molar-refractivity contribution in [2.24, 2.45) is 23.1 Å². The minimum atomic E-state index is -1.48. The van der Waals surface area contributed by atoms with Crippen molar-refractivity contribution in [1.29, 1.82) is 0 Å². The molecule has 4 aromatic carbocycles. The number of aromatic hydroxyl groups is 1. The normalized spacial score (nSPS) is 14.9. The molecular weight excluding hydrogens is 1010 g/mol. The van der Waals surface area contributed by atoms with E-state index in [0.717, 1.165) is 28.5 Å². The van der Waals surface area contributed by atoms with Crippen molar-refractivity contribution in [3.05, 3.63) is 114 Å². The number of carbonyl (C=O) groups is 8. The SMILES string of the molecule is CC(C)[C@H](NC(=O)[C@H](CCCCN)NC(=O)[C@@H](Cc1ccc(F)cc1)NC(=O)[C@H](Cc1ccc(O)cc1)NC(=O)[C@H](CS)NC(=O)[C@@H](N)Cc1ccc2ccccc2c1)C(=O)N[C@@H](CS)C(=O)N[C@H](C(N)=O)[C@@H](C)O. The monoisotopic (exact) mass is 1080 g/mol. The van der Waals surface area contributed by atoms with Crippen LogP contribution >= 0.6 is 25.3 Å². The fourth-order valence-electron chi connectivity index (χ4n) is 7.83. The number of thiol groups is 2. The maximum atomic E-state index is 14.5. The smallest absolute Gasteiger partial charge is 0.244 e. The first-order valence-corrected chi connectivity index (χ1v) is 25.7. The molecule has 4 aromatic rings. The number of phenolic OH excluding ortho intramolecular Hbond substituents is 1. The highest BCUT2D eigenvalue weighted by molar-refractivity contribution is 7.80. The van der Waals surface area contributed by atoms with E-state index < -0.39 is 113 Å². The molecule has 0 fully saturated rings. The van der Waals surface area contributed by atoms with Gasteiger partial charge in [-0.05, 0) is 96.8 Å². The summed E-state index contributed by atoms with van der Waals surface area (Å²) >= 11 is 8.47. The number of halogens is 1. The van der Waals surface area contributed by atoms with E-state index in [9.17, 15) is 53.0 Å². The third kappa shape index (κ3) is 19.1. The molecule has 0 aliphatic carbocycles. The summed E-state index contributed by atoms with van der Waals surface area (Å²) in [5.41, 5.74) is 19.1. The molecule has 8 amide bonds. The molecule has 75 heavy (non-hydrogen) atoms. The van der Waals surface area contributed by atoms with Gasteiger partial charge in [-0.3, -0.25) is 38.4 Å². The first-order chi connectivity index (χ1) is 35.6. The van der Waals surface area contributed by atoms with E-state index in [1.54, 1.807) is 13.8 Å². The minimum Gasteiger partial charge on any atom is -0.508 e. The van der Waals surface area contributed by atoms with Gasteiger partial charge in [0.2, 0.25) is 47.3 Å². The van der Waals surface area contributed by atoms with Crippen molar-refractivity contribution in [3.8, 4) is 5.75 Å². The van der Waals surface area contributed by atoms with Crippen LogP contribution in [-0.4, -0.2) is 130 Å². The van der Waals surface area contributed by atoms with Gasteiger partial charge in [-0.2, -0.15) is 25.3 Å². The molecular formula is C52H69FN10O10S2. The molecule has 0 radical (unpaired) electrons. The van der Waals surface area contributed by atoms with Gasteiger partial charge in [-0.25, -0.2) is 4.39 Å². The number of nitrogens with one attached hydrogen (secondary N) is 7. The molecule has 0 spiro atoms. The number of fused-ring (bicyclic) bond motifs is 1. The maximum absolute atomic E-state index is 14.5. The standard InChI is InChI=1S/C52H69FN10O10S2/c1-28(2)43(52(73)61-42(27-75)51(72)63-44(29(3)64)45(56)66)62-47(68)38(10-6-7-21-54)57-48(69)39(24-30-12-17-35(53)18-13-30)58-49(70)40(25-31-14-19-36(65)20-15-31)59-50(71)41(26-74)60-46(67)37(55)23-32-11-16-33-8-4-5-9-34(33)22-32/h4-5,8-9,11-20,22,28-29,37-44,64-65,74-75H,6-7,10,21,23-27,54-55H2,1-3H3,(H2,56,66)(H,57,69)(H,58,70)(H,59,71)(H,60,67)(H,61,73)(H,62,68)(H,63,72)/t29-,37+,38+,39-,40+,41+,42+,43+,44+/m1/s1. The van der Waals surface area contributed by atoms with Crippen LogP contribution in [0.25, 0.3) is 10.8 Å². The number of carbonyl (C=O) groups excluding carboxylic acids is 8. The van der Waals surface area contributed by atoms with Crippen molar-refractivity contribution >= 4 is 83.3 Å². The van der Waals surface area contributed by atoms with Crippen molar-refractivity contribution < 1.29 is 53.0 Å². The zero-order valence-electron chi connectivity index (χ0n) is 42.0. The number of primary amides is 1. The molecule has 23 heteroatoms. The van der Waals surface area contributed by atoms with E-state index in [4.69, 9.17) is 17.2 Å². The molecule has 4 rings (SSSR count). The molecule has 0 aromatic heterocycles. The maximum Gasteiger partial charge on any atom is 0.244 e. The first-order valence-electron chi connectivity index (χ1n) is 24.4. The number of aliphatic hydroxyl groups excluding tert-OH is 1. The van der Waals surface area contributed by atoms with E-state index in [1.165, 1.54) is 43.3 Å². The molecule has 0 saturated heterocycles. The van der Waals surface area contributed by atoms with Crippen LogP contribution in [0.4, 0.5) is 4.39 Å². The number of hydrogen-bond acceptors (Lipinski definition) is 14. The Labute approximate surface area is 445 Å². The summed E-state index contributed by atoms with van der Waals surface area (Å²) in [6.07, 6.45) is -0.860. The van der Waals surface area contributed by atoms with Crippen LogP contribution in [-0.2, 0) is 57.6 Å². The van der Waals surface area contributed by atoms with Crippen LogP contribution in [0.3, 0.4) is 0 Å². The average molecular weight is 1080 g/mol. The van der Waals surface area contributed by atoms with E-state index in [2.05, 4.69) is 62.5 Å². The molecule has 0 heterocycles. The third-order valence-electron chi connectivity index (χ3n) is 12.1. The highest BCUT2D eigenvalue weighted by atomic mass is 32.1. The number of benzene rings is 4. The minimum absolute atomic E-state index is 0.0101. The lowest BCUT2D eigenvalue weighted by Gasteiger charge is -2.29. The zero-order valence-corrected chi connectivity index (χ0v) is 43.8. The topological polar surface area (TPSA) is 339 Å². The quantitative estimate of drug-likeness (QED) is 0.0252. The molecule has 0 unspecified atom stereocenters. The highest BCUT2D eigenvalue weighted by Gasteiger charge is 2.35. The summed E-state index contributed by atoms with van der Waals surface area (Å²) in [6.45, 7) is 4.72. The predicted molar refractivity (Wildman–Crippen MR) is 287 cm³/mol. The number of nitrogens with two attached hydrogens (primary N) is 3. The van der Waals surface area contributed by atoms with Crippen LogP contribution < -0.4 is 54.4 Å². The van der Waals surface area contributed by atoms with Gasteiger partial charge in [0.1, 0.15) is 53.9 Å². The van der Waals surface area contributed by atoms with Gasteiger partial charge in [0, 0.05) is 24.3 Å². The molecule has 20 nitrogen and oxygen atoms in total. The number of unbranched alkanes of at least 4 members (excludes halogenated alkanes) is 1. The van der Waals surface area contributed by atoms with Crippen LogP contribution in [0.2, 0.25) is 0 Å². The molecule has 15 N–H and O–H groups in total. The lowest BCUT2D eigenvalue weighted by atomic mass is 10.00. The summed E-state index contributed by atoms with van der Waals surface area (Å²) in [5.74, 6) is -8.47. The van der Waals surface area contributed by atoms with Gasteiger partial charge in [-0.1, -0.05) is 80.6 Å². The summed E-state index contributed by atoms with van der Waals surface area (Å²) in [5, 5.41) is 40.0. The Hall–Kier alpha value is -6.79. The summed E-state index contributed by atoms with van der Waals surface area (Å²) in [4.78, 5) is 109. The predicted octanol–water partition coefficient (Wildman–Crippen LogP) is -0.0560. The number of rotatable bonds is 29. The largest absolute Gasteiger partial charge is 0.508 e. The second kappa shape index (κ2) is 29.9. The van der Waals surface area contributed by atoms with Crippen molar-refractivity contribution in [1.82, 2.24) is 37.2 Å². The highest BCUT2D eigenvalue weighted by Crippen LogP contribution is 2.18. The van der Waals surface area contributed by atoms with E-state index in [0.29, 0.717) is 24.0 Å². The van der Waals surface area contributed by atoms with Crippen molar-refractivity contribution in [2.75, 3.05) is 18.1 Å². The second-order valence-corrected chi connectivity index (χ2v) is 19.2. The van der Waals surface area contributed by atoms with Crippen LogP contribution in [0.5, 0.6) is 5.75 Å². The molecule has 0 saturated carbocycles. The van der Waals surface area contributed by atoms with E-state index in [-0.39, 0.29) is 49.5 Å². The number of aliphatic hydroxyl groups is 1. The Morgan fingerprint density at radius 1 is 0.547 bits per heavy atom. The molecule has 406 valence electrons. The van der Waals surface area contributed by atoms with Gasteiger partial charge in [0.05, 0.1) is 12.1 Å². The van der Waals surface area contributed by atoms with Crippen molar-refractivity contribution in [3.63, 3.8) is 0 Å². The molecule has 0 bridgehead atoms. The summed E-state index contributed by atoms with van der Waals surface area (Å²) < 4.78 is 14.1. The Balaban J connectivity index is 1.58. The third-order valence-corrected chi connectivity index (χ3v) is 12.9. The first kappa shape index (κ1) is 60.8. The lowest BCUT2D eigenvalue weighted by molar-refractivity contribution is -0.136. The Morgan fingerprint density at radius 3 is 1.52 bits per heavy atom. The van der Waals surface area contributed by atoms with E-state index >= 15 is 0 Å². The average Bonchev–Trinajstić information content (AvgIpc) is 3.37. The number of amides is 8. The second-order valence-electron chi connectivity index (χ2n) is 18.5. The van der Waals surface area contributed by atoms with Crippen LogP contribution in [0.1, 0.15) is 56.7 Å². The molecule has 9 atom stereocenters. The number of hydrogen-bond donors (Lipinski definition) is 14. The fraction of sp³-hybridized carbons (Fsp3) is 0.423. The lowest BCUT2D eigenvalue weighted by Crippen LogP contribution is -2.62. The molecule has 0 aliphatic rings. The van der Waals surface area contributed by atoms with Crippen LogP contribution in [0, 0.1) is 11.7 Å². The summed E-state index contributed by atoms with van der Waals surface area (Å²) in [6, 6.07) is 13.6. The number of phenols is 1. The summed E-state index contributed by atoms with van der Waals surface area (Å²) in [7, 11) is 0. The Kier molecular flexibility index (Phi) is 24.3. The zero-order chi connectivity index (χ0) is 55.4. The Morgan fingerprint density at radius 2 is 1.00 bits per heavy atom. The van der Waals surface area contributed by atoms with E-state index in [1.807, 2.05) is 42.5 Å². The fourth-order valence-corrected chi connectivity index (χ4v) is 8.35. The van der Waals surface area contributed by atoms with Gasteiger partial charge < -0.3 is 64.6 Å². The molecule has 0 aliphatic heterocycles. The van der Waals surface area contributed by atoms with Gasteiger partial charge in [-0.15, -0.1) is 0 Å². The van der Waals surface area contributed by atoms with Gasteiger partial charge in [0.25, 0.3) is 0 Å². The Bertz CT molecular complexity index is 2590. The van der Waals surface area contributed by atoms with Gasteiger partial charge >= 0.3 is 0 Å². The van der Waals surface area contributed by atoms with Gasteiger partial charge in [0.15, 0.2) is 0 Å². The van der Waals surface area contributed by atoms with Crippen molar-refractivity contribution in [2.45, 2.75) is 114 Å².